The normalized spacial score (nSPS) is 12.8. The van der Waals surface area contributed by atoms with E-state index >= 15 is 0 Å². The number of allylic oxidation sites excluding steroid dienone is 6. The van der Waals surface area contributed by atoms with Crippen LogP contribution in [0.15, 0.2) is 60.5 Å². The zero-order valence-electron chi connectivity index (χ0n) is 15.3. The molecule has 0 aromatic carbocycles. The molecule has 0 spiro atoms. The van der Waals surface area contributed by atoms with Crippen molar-refractivity contribution >= 4 is 43.3 Å². The number of thiophene rings is 1. The maximum Gasteiger partial charge on any atom is 0.415 e. The molecule has 0 aliphatic carbocycles. The molecule has 3 aromatic rings. The van der Waals surface area contributed by atoms with E-state index in [4.69, 9.17) is 0 Å². The Morgan fingerprint density at radius 2 is 2.10 bits per heavy atom. The lowest BCUT2D eigenvalue weighted by Gasteiger charge is -2.09. The number of anilines is 1. The van der Waals surface area contributed by atoms with Crippen LogP contribution < -0.4 is 10.9 Å². The van der Waals surface area contributed by atoms with Gasteiger partial charge in [-0.1, -0.05) is 31.4 Å². The highest BCUT2D eigenvalue weighted by Crippen LogP contribution is 2.32. The summed E-state index contributed by atoms with van der Waals surface area (Å²) >= 11 is 1.18. The van der Waals surface area contributed by atoms with E-state index in [0.717, 1.165) is 6.08 Å². The molecule has 0 amide bonds. The fourth-order valence-corrected chi connectivity index (χ4v) is 3.68. The third-order valence-corrected chi connectivity index (χ3v) is 5.12. The Morgan fingerprint density at radius 1 is 1.34 bits per heavy atom. The molecule has 0 aliphatic heterocycles. The molecule has 0 fully saturated rings. The summed E-state index contributed by atoms with van der Waals surface area (Å²) in [4.78, 5) is 26.4. The summed E-state index contributed by atoms with van der Waals surface area (Å²) in [5, 5.41) is 3.60. The third kappa shape index (κ3) is 3.97. The minimum Gasteiger partial charge on any atom is -0.372 e. The highest BCUT2D eigenvalue weighted by atomic mass is 32.1. The van der Waals surface area contributed by atoms with Gasteiger partial charge in [0.05, 0.1) is 5.39 Å². The molecule has 1 N–H and O–H groups in total. The van der Waals surface area contributed by atoms with Crippen molar-refractivity contribution in [2.45, 2.75) is 12.6 Å². The van der Waals surface area contributed by atoms with Crippen molar-refractivity contribution in [3.05, 3.63) is 66.0 Å². The molecular formula is C19H16F3N5OS. The summed E-state index contributed by atoms with van der Waals surface area (Å²) in [5.41, 5.74) is -0.437. The second-order valence-corrected chi connectivity index (χ2v) is 6.87. The molecule has 3 aromatic heterocycles. The first kappa shape index (κ1) is 20.5. The topological polar surface area (TPSA) is 72.7 Å². The molecule has 3 heterocycles. The van der Waals surface area contributed by atoms with Crippen LogP contribution in [-0.2, 0) is 0 Å². The van der Waals surface area contributed by atoms with Gasteiger partial charge in [0.15, 0.2) is 0 Å². The van der Waals surface area contributed by atoms with Crippen molar-refractivity contribution in [3.63, 3.8) is 0 Å². The average molecular weight is 419 g/mol. The van der Waals surface area contributed by atoms with Gasteiger partial charge in [-0.25, -0.2) is 15.0 Å². The molecule has 10 heteroatoms. The number of fused-ring (bicyclic) bond motifs is 3. The summed E-state index contributed by atoms with van der Waals surface area (Å²) in [5.74, 6) is 0.557. The second-order valence-electron chi connectivity index (χ2n) is 5.88. The van der Waals surface area contributed by atoms with Gasteiger partial charge >= 0.3 is 6.18 Å². The smallest absolute Gasteiger partial charge is 0.372 e. The van der Waals surface area contributed by atoms with Crippen LogP contribution in [0.25, 0.3) is 26.1 Å². The number of rotatable bonds is 6. The zero-order chi connectivity index (χ0) is 21.2. The van der Waals surface area contributed by atoms with Crippen LogP contribution in [0.2, 0.25) is 0 Å². The maximum absolute atomic E-state index is 13.0. The SMILES string of the molecule is C=C/C=C(\C/C=C\C(=C)C(F)(F)F)n1cnc2c(sc3ncnc(NC)c32)c1=O. The number of alkyl halides is 3. The van der Waals surface area contributed by atoms with Crippen LogP contribution in [0, 0.1) is 0 Å². The first-order chi connectivity index (χ1) is 13.8. The van der Waals surface area contributed by atoms with Gasteiger partial charge in [-0.05, 0) is 6.08 Å². The minimum absolute atomic E-state index is 0.0562. The summed E-state index contributed by atoms with van der Waals surface area (Å²) in [7, 11) is 1.71. The Hall–Kier alpha value is -3.27. The number of nitrogens with one attached hydrogen (secondary N) is 1. The molecule has 0 radical (unpaired) electrons. The maximum atomic E-state index is 13.0. The molecule has 0 saturated carbocycles. The highest BCUT2D eigenvalue weighted by Gasteiger charge is 2.29. The number of halogens is 3. The van der Waals surface area contributed by atoms with Crippen LogP contribution in [-0.4, -0.2) is 32.7 Å². The van der Waals surface area contributed by atoms with E-state index in [2.05, 4.69) is 33.4 Å². The van der Waals surface area contributed by atoms with Crippen LogP contribution in [0.1, 0.15) is 6.42 Å². The van der Waals surface area contributed by atoms with Crippen molar-refractivity contribution in [3.8, 4) is 0 Å². The number of hydrogen-bond donors (Lipinski definition) is 1. The van der Waals surface area contributed by atoms with E-state index in [0.29, 0.717) is 31.9 Å². The first-order valence-electron chi connectivity index (χ1n) is 8.35. The lowest BCUT2D eigenvalue weighted by atomic mass is 10.2. The molecular weight excluding hydrogens is 403 g/mol. The summed E-state index contributed by atoms with van der Waals surface area (Å²) < 4.78 is 39.4. The fourth-order valence-electron chi connectivity index (χ4n) is 2.66. The monoisotopic (exact) mass is 419 g/mol. The Morgan fingerprint density at radius 3 is 2.76 bits per heavy atom. The van der Waals surface area contributed by atoms with Crippen molar-refractivity contribution in [2.24, 2.45) is 0 Å². The van der Waals surface area contributed by atoms with Crippen molar-refractivity contribution < 1.29 is 13.2 Å². The Bertz CT molecular complexity index is 1220. The number of hydrogen-bond acceptors (Lipinski definition) is 6. The van der Waals surface area contributed by atoms with Gasteiger partial charge in [0.2, 0.25) is 0 Å². The van der Waals surface area contributed by atoms with E-state index in [-0.39, 0.29) is 12.0 Å². The molecule has 0 unspecified atom stereocenters. The third-order valence-electron chi connectivity index (χ3n) is 4.05. The molecule has 3 rings (SSSR count). The molecule has 0 atom stereocenters. The van der Waals surface area contributed by atoms with E-state index in [1.807, 2.05) is 0 Å². The van der Waals surface area contributed by atoms with Crippen LogP contribution in [0.5, 0.6) is 0 Å². The molecule has 29 heavy (non-hydrogen) atoms. The van der Waals surface area contributed by atoms with Gasteiger partial charge in [0.25, 0.3) is 5.56 Å². The van der Waals surface area contributed by atoms with Crippen molar-refractivity contribution in [2.75, 3.05) is 12.4 Å². The number of nitrogens with zero attached hydrogens (tertiary/aromatic N) is 4. The average Bonchev–Trinajstić information content (AvgIpc) is 3.06. The van der Waals surface area contributed by atoms with E-state index in [9.17, 15) is 18.0 Å². The Labute approximate surface area is 167 Å². The summed E-state index contributed by atoms with van der Waals surface area (Å²) in [6.07, 6.45) is 3.45. The quantitative estimate of drug-likeness (QED) is 0.594. The largest absolute Gasteiger partial charge is 0.415 e. The summed E-state index contributed by atoms with van der Waals surface area (Å²) in [6.45, 7) is 6.59. The van der Waals surface area contributed by atoms with E-state index in [1.54, 1.807) is 13.1 Å². The zero-order valence-corrected chi connectivity index (χ0v) is 16.1. The van der Waals surface area contributed by atoms with Gasteiger partial charge in [-0.3, -0.25) is 9.36 Å². The van der Waals surface area contributed by atoms with Crippen LogP contribution in [0.4, 0.5) is 19.0 Å². The molecule has 6 nitrogen and oxygen atoms in total. The van der Waals surface area contributed by atoms with Gasteiger partial charge in [-0.2, -0.15) is 13.2 Å². The minimum atomic E-state index is -4.50. The highest BCUT2D eigenvalue weighted by molar-refractivity contribution is 7.25. The molecule has 0 saturated heterocycles. The lowest BCUT2D eigenvalue weighted by Crippen LogP contribution is -2.19. The van der Waals surface area contributed by atoms with Gasteiger partial charge in [0.1, 0.15) is 33.5 Å². The first-order valence-corrected chi connectivity index (χ1v) is 9.16. The van der Waals surface area contributed by atoms with E-state index in [1.165, 1.54) is 40.7 Å². The Balaban J connectivity index is 2.06. The molecule has 0 aliphatic rings. The number of aromatic nitrogens is 4. The van der Waals surface area contributed by atoms with Crippen LogP contribution in [0.3, 0.4) is 0 Å². The molecule has 150 valence electrons. The predicted octanol–water partition coefficient (Wildman–Crippen LogP) is 4.53. The summed E-state index contributed by atoms with van der Waals surface area (Å²) in [6, 6.07) is 0. The van der Waals surface area contributed by atoms with Crippen molar-refractivity contribution in [1.82, 2.24) is 19.5 Å². The van der Waals surface area contributed by atoms with Gasteiger partial charge in [0, 0.05) is 24.7 Å². The predicted molar refractivity (Wildman–Crippen MR) is 110 cm³/mol. The standard InChI is InChI=1S/C19H16F3N5OS/c1-4-6-12(8-5-7-11(2)19(20,21)22)27-10-26-14-13-16(23-3)24-9-25-17(13)29-15(14)18(27)28/h4-7,9-10H,1-2,8H2,3H3,(H,23,24,25)/b7-5-,12-6+. The second kappa shape index (κ2) is 8.00. The van der Waals surface area contributed by atoms with E-state index < -0.39 is 11.7 Å². The lowest BCUT2D eigenvalue weighted by molar-refractivity contribution is -0.0878. The Kier molecular flexibility index (Phi) is 5.64. The fraction of sp³-hybridized carbons (Fsp3) is 0.158. The van der Waals surface area contributed by atoms with Crippen LogP contribution >= 0.6 is 11.3 Å². The molecule has 0 bridgehead atoms. The van der Waals surface area contributed by atoms with Crippen molar-refractivity contribution in [1.29, 1.82) is 0 Å². The van der Waals surface area contributed by atoms with Gasteiger partial charge in [-0.15, -0.1) is 11.3 Å². The van der Waals surface area contributed by atoms with Gasteiger partial charge < -0.3 is 5.32 Å².